The third-order valence-corrected chi connectivity index (χ3v) is 2.86. The second-order valence-electron chi connectivity index (χ2n) is 2.75. The normalized spacial score (nSPS) is 16.5. The van der Waals surface area contributed by atoms with Crippen molar-refractivity contribution in [2.75, 3.05) is 0 Å². The molecule has 0 radical (unpaired) electrons. The molecule has 12 heavy (non-hydrogen) atoms. The fraction of sp³-hybridized carbons (Fsp3) is 0.250. The molecule has 1 heterocycles. The van der Waals surface area contributed by atoms with Crippen LogP contribution in [0.4, 0.5) is 0 Å². The molecule has 64 valence electrons. The van der Waals surface area contributed by atoms with Gasteiger partial charge in [-0.05, 0) is 23.3 Å². The van der Waals surface area contributed by atoms with E-state index in [2.05, 4.69) is 60.9 Å². The minimum Gasteiger partial charge on any atom is -0.234 e. The zero-order chi connectivity index (χ0) is 8.55. The van der Waals surface area contributed by atoms with E-state index in [1.165, 1.54) is 11.1 Å². The lowest BCUT2D eigenvalue weighted by Crippen LogP contribution is -1.88. The predicted octanol–water partition coefficient (Wildman–Crippen LogP) is 2.45. The first-order chi connectivity index (χ1) is 5.79. The molecule has 0 unspecified atom stereocenters. The van der Waals surface area contributed by atoms with Gasteiger partial charge in [-0.3, -0.25) is 0 Å². The molecule has 0 aliphatic carbocycles. The maximum absolute atomic E-state index is 3.47. The molecular weight excluding hydrogens is 284 g/mol. The Morgan fingerprint density at radius 1 is 1.25 bits per heavy atom. The Kier molecular flexibility index (Phi) is 2.50. The van der Waals surface area contributed by atoms with Crippen molar-refractivity contribution in [3.8, 4) is 0 Å². The zero-order valence-corrected chi connectivity index (χ0v) is 9.44. The summed E-state index contributed by atoms with van der Waals surface area (Å²) in [6, 6.07) is 6.40. The topological polar surface area (TPSA) is 43.9 Å². The number of alkyl halides is 1. The molecule has 0 aromatic heterocycles. The van der Waals surface area contributed by atoms with Gasteiger partial charge in [-0.2, -0.15) is 0 Å². The summed E-state index contributed by atoms with van der Waals surface area (Å²) < 4.78 is 1.13. The van der Waals surface area contributed by atoms with Crippen LogP contribution >= 0.6 is 31.9 Å². The molecule has 4 heteroatoms. The van der Waals surface area contributed by atoms with Gasteiger partial charge in [0.15, 0.2) is 0 Å². The van der Waals surface area contributed by atoms with Gasteiger partial charge in [-0.1, -0.05) is 37.9 Å². The fourth-order valence-electron chi connectivity index (χ4n) is 1.13. The van der Waals surface area contributed by atoms with Gasteiger partial charge in [0.05, 0.1) is 0 Å². The second-order valence-corrected chi connectivity index (χ2v) is 4.22. The van der Waals surface area contributed by atoms with Gasteiger partial charge in [0.2, 0.25) is 0 Å². The minimum absolute atomic E-state index is 0.347. The lowest BCUT2D eigenvalue weighted by molar-refractivity contribution is 1.05. The first-order valence-electron chi connectivity index (χ1n) is 3.66. The number of hydrogen-bond donors (Lipinski definition) is 2. The van der Waals surface area contributed by atoms with Crippen molar-refractivity contribution >= 4 is 31.9 Å². The van der Waals surface area contributed by atoms with Crippen molar-refractivity contribution in [3.63, 3.8) is 0 Å². The van der Waals surface area contributed by atoms with Gasteiger partial charge in [0.25, 0.3) is 0 Å². The van der Waals surface area contributed by atoms with Crippen molar-refractivity contribution in [1.82, 2.24) is 10.9 Å². The highest BCUT2D eigenvalue weighted by atomic mass is 79.9. The molecule has 1 aliphatic rings. The van der Waals surface area contributed by atoms with E-state index >= 15 is 0 Å². The van der Waals surface area contributed by atoms with E-state index < -0.39 is 0 Å². The number of hydrazine groups is 1. The Balaban J connectivity index is 2.34. The molecule has 0 saturated carbocycles. The van der Waals surface area contributed by atoms with E-state index in [0.717, 1.165) is 9.80 Å². The standard InChI is InChI=1S/C8H8Br2N2/c9-4-5-1-6(8-11-12-8)3-7(10)2-5/h1-3,8,11-12H,4H2. The van der Waals surface area contributed by atoms with Crippen molar-refractivity contribution in [2.45, 2.75) is 11.5 Å². The van der Waals surface area contributed by atoms with E-state index in [1.807, 2.05) is 0 Å². The second kappa shape index (κ2) is 3.46. The quantitative estimate of drug-likeness (QED) is 0.649. The van der Waals surface area contributed by atoms with Gasteiger partial charge >= 0.3 is 0 Å². The molecule has 2 nitrogen and oxygen atoms in total. The molecule has 2 rings (SSSR count). The summed E-state index contributed by atoms with van der Waals surface area (Å²) in [4.78, 5) is 0. The summed E-state index contributed by atoms with van der Waals surface area (Å²) >= 11 is 6.91. The summed E-state index contributed by atoms with van der Waals surface area (Å²) in [7, 11) is 0. The van der Waals surface area contributed by atoms with Crippen LogP contribution in [-0.4, -0.2) is 0 Å². The van der Waals surface area contributed by atoms with Gasteiger partial charge in [-0.15, -0.1) is 0 Å². The van der Waals surface area contributed by atoms with E-state index in [-0.39, 0.29) is 0 Å². The van der Waals surface area contributed by atoms with E-state index in [1.54, 1.807) is 0 Å². The Morgan fingerprint density at radius 3 is 2.58 bits per heavy atom. The maximum atomic E-state index is 3.47. The minimum atomic E-state index is 0.347. The molecule has 1 aromatic carbocycles. The smallest absolute Gasteiger partial charge is 0.109 e. The Labute approximate surface area is 88.0 Å². The average Bonchev–Trinajstić information content (AvgIpc) is 2.85. The predicted molar refractivity (Wildman–Crippen MR) is 55.8 cm³/mol. The van der Waals surface area contributed by atoms with Crippen LogP contribution in [0.2, 0.25) is 0 Å². The van der Waals surface area contributed by atoms with Gasteiger partial charge < -0.3 is 0 Å². The van der Waals surface area contributed by atoms with Crippen LogP contribution in [-0.2, 0) is 5.33 Å². The molecular formula is C8H8Br2N2. The summed E-state index contributed by atoms with van der Waals surface area (Å²) in [5, 5.41) is 0.895. The first kappa shape index (κ1) is 8.69. The van der Waals surface area contributed by atoms with Crippen LogP contribution in [0.15, 0.2) is 22.7 Å². The molecule has 0 spiro atoms. The molecule has 1 aliphatic heterocycles. The Hall–Kier alpha value is 0.1000. The zero-order valence-electron chi connectivity index (χ0n) is 6.27. The molecule has 1 saturated heterocycles. The van der Waals surface area contributed by atoms with Crippen molar-refractivity contribution in [2.24, 2.45) is 0 Å². The van der Waals surface area contributed by atoms with Gasteiger partial charge in [-0.25, -0.2) is 10.9 Å². The molecule has 0 bridgehead atoms. The number of hydrogen-bond acceptors (Lipinski definition) is 2. The van der Waals surface area contributed by atoms with E-state index in [0.29, 0.717) is 6.17 Å². The van der Waals surface area contributed by atoms with Crippen molar-refractivity contribution in [3.05, 3.63) is 33.8 Å². The van der Waals surface area contributed by atoms with Crippen molar-refractivity contribution in [1.29, 1.82) is 0 Å². The molecule has 0 amide bonds. The Morgan fingerprint density at radius 2 is 2.00 bits per heavy atom. The van der Waals surface area contributed by atoms with E-state index in [9.17, 15) is 0 Å². The van der Waals surface area contributed by atoms with Gasteiger partial charge in [0.1, 0.15) is 6.17 Å². The summed E-state index contributed by atoms with van der Waals surface area (Å²) in [6.07, 6.45) is 0.347. The third-order valence-electron chi connectivity index (χ3n) is 1.76. The van der Waals surface area contributed by atoms with Crippen molar-refractivity contribution < 1.29 is 0 Å². The van der Waals surface area contributed by atoms with Crippen LogP contribution in [0.3, 0.4) is 0 Å². The molecule has 1 aromatic rings. The maximum Gasteiger partial charge on any atom is 0.109 e. The summed E-state index contributed by atoms with van der Waals surface area (Å²) in [5.74, 6) is 0. The molecule has 2 N–H and O–H groups in total. The number of nitrogens with one attached hydrogen (secondary N) is 2. The highest BCUT2D eigenvalue weighted by molar-refractivity contribution is 9.10. The molecule has 1 fully saturated rings. The van der Waals surface area contributed by atoms with Crippen LogP contribution in [0.25, 0.3) is 0 Å². The fourth-order valence-corrected chi connectivity index (χ4v) is 2.01. The molecule has 0 atom stereocenters. The van der Waals surface area contributed by atoms with E-state index in [4.69, 9.17) is 0 Å². The van der Waals surface area contributed by atoms with Gasteiger partial charge in [0, 0.05) is 9.80 Å². The van der Waals surface area contributed by atoms with Crippen LogP contribution in [0, 0.1) is 0 Å². The van der Waals surface area contributed by atoms with Crippen LogP contribution < -0.4 is 10.9 Å². The number of rotatable bonds is 2. The largest absolute Gasteiger partial charge is 0.234 e. The SMILES string of the molecule is BrCc1cc(Br)cc(C2NN2)c1. The summed E-state index contributed by atoms with van der Waals surface area (Å²) in [6.45, 7) is 0. The van der Waals surface area contributed by atoms with Crippen LogP contribution in [0.5, 0.6) is 0 Å². The average molecular weight is 292 g/mol. The Bertz CT molecular complexity index is 297. The summed E-state index contributed by atoms with van der Waals surface area (Å²) in [5.41, 5.74) is 8.65. The third kappa shape index (κ3) is 1.88. The highest BCUT2D eigenvalue weighted by Crippen LogP contribution is 2.23. The highest BCUT2D eigenvalue weighted by Gasteiger charge is 2.21. The lowest BCUT2D eigenvalue weighted by Gasteiger charge is -2.01. The number of halogens is 2. The number of benzene rings is 1. The monoisotopic (exact) mass is 290 g/mol. The van der Waals surface area contributed by atoms with Crippen LogP contribution in [0.1, 0.15) is 17.3 Å². The first-order valence-corrected chi connectivity index (χ1v) is 5.57. The lowest BCUT2D eigenvalue weighted by atomic mass is 10.1.